The monoisotopic (exact) mass is 623 g/mol. The van der Waals surface area contributed by atoms with Crippen molar-refractivity contribution in [3.05, 3.63) is 87.4 Å². The molecule has 0 bridgehead atoms. The van der Waals surface area contributed by atoms with Gasteiger partial charge in [0.25, 0.3) is 0 Å². The molecule has 0 atom stereocenters. The summed E-state index contributed by atoms with van der Waals surface area (Å²) in [5.74, 6) is 3.21. The number of aromatic nitrogens is 2. The Bertz CT molecular complexity index is 1360. The molecule has 2 aliphatic rings. The van der Waals surface area contributed by atoms with Crippen LogP contribution in [-0.4, -0.2) is 28.0 Å². The van der Waals surface area contributed by atoms with E-state index in [0.717, 1.165) is 77.1 Å². The topological polar surface area (TPSA) is 58.0 Å². The van der Waals surface area contributed by atoms with Crippen molar-refractivity contribution in [2.45, 2.75) is 45.9 Å². The van der Waals surface area contributed by atoms with Crippen LogP contribution in [0.2, 0.25) is 0 Å². The van der Waals surface area contributed by atoms with Gasteiger partial charge in [0.2, 0.25) is 13.6 Å². The van der Waals surface area contributed by atoms with Gasteiger partial charge in [0, 0.05) is 31.7 Å². The first-order valence-corrected chi connectivity index (χ1v) is 14.1. The maximum absolute atomic E-state index is 5.67. The van der Waals surface area contributed by atoms with Crippen LogP contribution in [0.3, 0.4) is 0 Å². The Hall–Kier alpha value is -3.24. The third-order valence-electron chi connectivity index (χ3n) is 6.87. The van der Waals surface area contributed by atoms with Gasteiger partial charge < -0.3 is 23.5 Å². The number of hydrogen-bond acceptors (Lipinski definition) is 6. The largest absolute Gasteiger partial charge is 0.454 e. The highest BCUT2D eigenvalue weighted by molar-refractivity contribution is 14.1. The summed E-state index contributed by atoms with van der Waals surface area (Å²) in [6.07, 6.45) is 2.24. The first kappa shape index (κ1) is 25.1. The molecule has 1 aromatic heterocycles. The fourth-order valence-electron chi connectivity index (χ4n) is 4.96. The molecule has 0 amide bonds. The quantitative estimate of drug-likeness (QED) is 0.185. The second-order valence-electron chi connectivity index (χ2n) is 9.57. The van der Waals surface area contributed by atoms with Crippen molar-refractivity contribution in [2.24, 2.45) is 0 Å². The summed E-state index contributed by atoms with van der Waals surface area (Å²) in [5.41, 5.74) is 5.76. The Morgan fingerprint density at radius 1 is 0.789 bits per heavy atom. The van der Waals surface area contributed by atoms with E-state index in [9.17, 15) is 0 Å². The van der Waals surface area contributed by atoms with Gasteiger partial charge in [-0.1, -0.05) is 55.8 Å². The molecule has 38 heavy (non-hydrogen) atoms. The number of nitrogens with zero attached hydrogens (tertiary/aromatic N) is 3. The van der Waals surface area contributed by atoms with Crippen molar-refractivity contribution in [1.29, 1.82) is 0 Å². The highest BCUT2D eigenvalue weighted by atomic mass is 127. The van der Waals surface area contributed by atoms with E-state index in [0.29, 0.717) is 0 Å². The van der Waals surface area contributed by atoms with Crippen LogP contribution in [0.25, 0.3) is 11.3 Å². The third-order valence-corrected chi connectivity index (χ3v) is 7.69. The molecule has 0 saturated carbocycles. The number of rotatable bonds is 10. The zero-order valence-corrected chi connectivity index (χ0v) is 23.5. The predicted octanol–water partition coefficient (Wildman–Crippen LogP) is 6.61. The van der Waals surface area contributed by atoms with E-state index in [1.807, 2.05) is 18.2 Å². The molecule has 0 radical (unpaired) electrons. The van der Waals surface area contributed by atoms with Gasteiger partial charge >= 0.3 is 0 Å². The van der Waals surface area contributed by atoms with Crippen molar-refractivity contribution in [3.63, 3.8) is 0 Å². The average molecular weight is 623 g/mol. The fourth-order valence-corrected chi connectivity index (χ4v) is 5.74. The Morgan fingerprint density at radius 2 is 1.39 bits per heavy atom. The molecule has 2 aliphatic heterocycles. The second kappa shape index (κ2) is 11.2. The van der Waals surface area contributed by atoms with E-state index in [4.69, 9.17) is 23.9 Å². The van der Waals surface area contributed by atoms with Gasteiger partial charge in [-0.05, 0) is 64.4 Å². The van der Waals surface area contributed by atoms with Gasteiger partial charge in [-0.15, -0.1) is 0 Å². The van der Waals surface area contributed by atoms with E-state index in [1.165, 1.54) is 16.8 Å². The van der Waals surface area contributed by atoms with E-state index in [1.54, 1.807) is 0 Å². The molecule has 4 aromatic rings. The Morgan fingerprint density at radius 3 is 2.00 bits per heavy atom. The van der Waals surface area contributed by atoms with E-state index in [2.05, 4.69) is 87.5 Å². The minimum atomic E-state index is 0.273. The van der Waals surface area contributed by atoms with Gasteiger partial charge in [-0.2, -0.15) is 0 Å². The first-order valence-electron chi connectivity index (χ1n) is 13.0. The average Bonchev–Trinajstić information content (AvgIpc) is 3.67. The summed E-state index contributed by atoms with van der Waals surface area (Å²) in [6.45, 7) is 5.96. The molecule has 6 rings (SSSR count). The lowest BCUT2D eigenvalue weighted by Gasteiger charge is -2.24. The van der Waals surface area contributed by atoms with Gasteiger partial charge in [0.15, 0.2) is 26.8 Å². The lowest BCUT2D eigenvalue weighted by molar-refractivity contribution is 0.173. The molecule has 7 nitrogen and oxygen atoms in total. The predicted molar refractivity (Wildman–Crippen MR) is 153 cm³/mol. The molecule has 196 valence electrons. The van der Waals surface area contributed by atoms with Crippen LogP contribution >= 0.6 is 22.6 Å². The molecular weight excluding hydrogens is 593 g/mol. The summed E-state index contributed by atoms with van der Waals surface area (Å²) in [4.78, 5) is 7.50. The molecule has 0 fully saturated rings. The summed E-state index contributed by atoms with van der Waals surface area (Å²) >= 11 is 2.38. The second-order valence-corrected chi connectivity index (χ2v) is 10.5. The van der Waals surface area contributed by atoms with Crippen molar-refractivity contribution in [2.75, 3.05) is 13.6 Å². The highest BCUT2D eigenvalue weighted by Crippen LogP contribution is 2.35. The fraction of sp³-hybridized carbons (Fsp3) is 0.300. The SMILES string of the molecule is CCCCn1c(I)nc(-c2ccccc2)c1CN(Cc1ccc2c(c1)OCO2)Cc1ccc2c(c1)OCO2. The van der Waals surface area contributed by atoms with E-state index < -0.39 is 0 Å². The molecule has 3 aromatic carbocycles. The molecule has 0 saturated heterocycles. The molecule has 3 heterocycles. The Kier molecular flexibility index (Phi) is 7.42. The summed E-state index contributed by atoms with van der Waals surface area (Å²) in [7, 11) is 0. The van der Waals surface area contributed by atoms with Crippen LogP contribution in [0.15, 0.2) is 66.7 Å². The minimum absolute atomic E-state index is 0.273. The lowest BCUT2D eigenvalue weighted by Crippen LogP contribution is -2.24. The number of hydrogen-bond donors (Lipinski definition) is 0. The molecule has 0 aliphatic carbocycles. The first-order chi connectivity index (χ1) is 18.7. The lowest BCUT2D eigenvalue weighted by atomic mass is 10.1. The van der Waals surface area contributed by atoms with Crippen LogP contribution in [-0.2, 0) is 26.2 Å². The number of benzene rings is 3. The van der Waals surface area contributed by atoms with E-state index in [-0.39, 0.29) is 13.6 Å². The zero-order valence-electron chi connectivity index (χ0n) is 21.4. The van der Waals surface area contributed by atoms with Crippen molar-refractivity contribution < 1.29 is 18.9 Å². The molecule has 0 unspecified atom stereocenters. The molecule has 0 spiro atoms. The Labute approximate surface area is 236 Å². The smallest absolute Gasteiger partial charge is 0.231 e. The maximum atomic E-state index is 5.67. The van der Waals surface area contributed by atoms with E-state index >= 15 is 0 Å². The molecule has 0 N–H and O–H groups in total. The van der Waals surface area contributed by atoms with Gasteiger partial charge in [-0.25, -0.2) is 4.98 Å². The number of fused-ring (bicyclic) bond motifs is 2. The number of unbranched alkanes of at least 4 members (excludes halogenated alkanes) is 1. The summed E-state index contributed by atoms with van der Waals surface area (Å²) in [5, 5.41) is 0. The van der Waals surface area contributed by atoms with Crippen molar-refractivity contribution >= 4 is 22.6 Å². The van der Waals surface area contributed by atoms with Crippen LogP contribution in [0.4, 0.5) is 0 Å². The standard InChI is InChI=1S/C30H30IN3O4/c1-2-3-13-34-24(29(32-30(34)31)23-7-5-4-6-8-23)18-33(16-21-9-11-25-27(14-21)37-19-35-25)17-22-10-12-26-28(15-22)38-20-36-26/h4-12,14-15H,2-3,13,16-20H2,1H3. The minimum Gasteiger partial charge on any atom is -0.454 e. The number of imidazole rings is 1. The van der Waals surface area contributed by atoms with Crippen LogP contribution < -0.4 is 18.9 Å². The highest BCUT2D eigenvalue weighted by Gasteiger charge is 2.22. The summed E-state index contributed by atoms with van der Waals surface area (Å²) < 4.78 is 25.8. The number of halogens is 1. The van der Waals surface area contributed by atoms with Crippen molar-refractivity contribution in [3.8, 4) is 34.3 Å². The van der Waals surface area contributed by atoms with Gasteiger partial charge in [0.05, 0.1) is 11.4 Å². The Balaban J connectivity index is 1.36. The van der Waals surface area contributed by atoms with Crippen LogP contribution in [0, 0.1) is 3.83 Å². The molecular formula is C30H30IN3O4. The van der Waals surface area contributed by atoms with Crippen LogP contribution in [0.5, 0.6) is 23.0 Å². The number of ether oxygens (including phenoxy) is 4. The van der Waals surface area contributed by atoms with Gasteiger partial charge in [0.1, 0.15) is 0 Å². The maximum Gasteiger partial charge on any atom is 0.231 e. The van der Waals surface area contributed by atoms with Crippen molar-refractivity contribution in [1.82, 2.24) is 14.5 Å². The normalized spacial score (nSPS) is 13.4. The molecule has 8 heteroatoms. The van der Waals surface area contributed by atoms with Gasteiger partial charge in [-0.3, -0.25) is 4.90 Å². The van der Waals surface area contributed by atoms with Crippen LogP contribution in [0.1, 0.15) is 36.6 Å². The third kappa shape index (κ3) is 5.33. The summed E-state index contributed by atoms with van der Waals surface area (Å²) in [6, 6.07) is 22.9. The zero-order chi connectivity index (χ0) is 25.9.